The van der Waals surface area contributed by atoms with Crippen molar-refractivity contribution in [3.8, 4) is 5.75 Å². The smallest absolute Gasteiger partial charge is 0.406 e. The highest BCUT2D eigenvalue weighted by molar-refractivity contribution is 5.96. The predicted octanol–water partition coefficient (Wildman–Crippen LogP) is 3.82. The van der Waals surface area contributed by atoms with E-state index in [2.05, 4.69) is 20.4 Å². The molecule has 1 aromatic heterocycles. The van der Waals surface area contributed by atoms with Gasteiger partial charge in [-0.05, 0) is 36.8 Å². The number of carbonyl (C=O) groups is 2. The van der Waals surface area contributed by atoms with Gasteiger partial charge in [0, 0.05) is 18.2 Å². The lowest BCUT2D eigenvalue weighted by atomic mass is 10.1. The molecule has 2 aromatic rings. The van der Waals surface area contributed by atoms with Crippen molar-refractivity contribution in [1.29, 1.82) is 0 Å². The van der Waals surface area contributed by atoms with E-state index in [4.69, 9.17) is 0 Å². The molecule has 0 saturated carbocycles. The van der Waals surface area contributed by atoms with Crippen molar-refractivity contribution in [3.63, 3.8) is 0 Å². The van der Waals surface area contributed by atoms with Gasteiger partial charge in [-0.3, -0.25) is 9.59 Å². The van der Waals surface area contributed by atoms with Crippen LogP contribution in [0.25, 0.3) is 0 Å². The van der Waals surface area contributed by atoms with E-state index < -0.39 is 18.3 Å². The van der Waals surface area contributed by atoms with Gasteiger partial charge in [-0.15, -0.1) is 13.2 Å². The van der Waals surface area contributed by atoms with Crippen molar-refractivity contribution < 1.29 is 27.5 Å². The van der Waals surface area contributed by atoms with E-state index in [0.29, 0.717) is 5.56 Å². The monoisotopic (exact) mass is 381 g/mol. The van der Waals surface area contributed by atoms with E-state index >= 15 is 0 Å². The Morgan fingerprint density at radius 2 is 1.96 bits per heavy atom. The van der Waals surface area contributed by atoms with Crippen LogP contribution in [0.4, 0.5) is 19.0 Å². The first kappa shape index (κ1) is 20.2. The van der Waals surface area contributed by atoms with Crippen LogP contribution >= 0.6 is 0 Å². The third-order valence-electron chi connectivity index (χ3n) is 3.55. The summed E-state index contributed by atoms with van der Waals surface area (Å²) in [5.41, 5.74) is 0.699. The molecule has 0 aliphatic heterocycles. The average molecular weight is 381 g/mol. The van der Waals surface area contributed by atoms with Gasteiger partial charge in [0.25, 0.3) is 5.91 Å². The third kappa shape index (κ3) is 6.28. The van der Waals surface area contributed by atoms with Crippen LogP contribution in [-0.2, 0) is 4.79 Å². The Kier molecular flexibility index (Phi) is 6.38. The predicted molar refractivity (Wildman–Crippen MR) is 92.2 cm³/mol. The highest BCUT2D eigenvalue weighted by Gasteiger charge is 2.31. The molecule has 1 atom stereocenters. The van der Waals surface area contributed by atoms with Gasteiger partial charge in [0.05, 0.1) is 6.04 Å². The molecule has 0 saturated heterocycles. The zero-order chi connectivity index (χ0) is 20.0. The number of alkyl halides is 3. The summed E-state index contributed by atoms with van der Waals surface area (Å²) in [4.78, 5) is 27.8. The SMILES string of the molecule is CCC(=O)Nc1cc(C(=O)NC(C)c2cccc(OC(F)(F)F)c2)ccn1. The molecule has 0 aliphatic rings. The van der Waals surface area contributed by atoms with Crippen molar-refractivity contribution in [2.75, 3.05) is 5.32 Å². The number of halogens is 3. The number of nitrogens with zero attached hydrogens (tertiary/aromatic N) is 1. The Morgan fingerprint density at radius 1 is 1.22 bits per heavy atom. The van der Waals surface area contributed by atoms with Gasteiger partial charge in [0.2, 0.25) is 5.91 Å². The maximum atomic E-state index is 12.4. The van der Waals surface area contributed by atoms with Crippen LogP contribution in [0, 0.1) is 0 Å². The molecule has 6 nitrogen and oxygen atoms in total. The lowest BCUT2D eigenvalue weighted by Crippen LogP contribution is -2.27. The minimum Gasteiger partial charge on any atom is -0.406 e. The topological polar surface area (TPSA) is 80.3 Å². The number of aromatic nitrogens is 1. The highest BCUT2D eigenvalue weighted by atomic mass is 19.4. The minimum absolute atomic E-state index is 0.239. The fraction of sp³-hybridized carbons (Fsp3) is 0.278. The standard InChI is InChI=1S/C18H18F3N3O3/c1-3-16(25)24-15-10-13(7-8-22-15)17(26)23-11(2)12-5-4-6-14(9-12)27-18(19,20)21/h4-11H,3H2,1-2H3,(H,23,26)(H,22,24,25). The fourth-order valence-electron chi connectivity index (χ4n) is 2.22. The van der Waals surface area contributed by atoms with Crippen molar-refractivity contribution in [1.82, 2.24) is 10.3 Å². The molecule has 1 aromatic carbocycles. The van der Waals surface area contributed by atoms with Crippen LogP contribution in [0.15, 0.2) is 42.6 Å². The Balaban J connectivity index is 2.08. The number of hydrogen-bond acceptors (Lipinski definition) is 4. The van der Waals surface area contributed by atoms with E-state index in [0.717, 1.165) is 0 Å². The summed E-state index contributed by atoms with van der Waals surface area (Å²) < 4.78 is 40.9. The fourth-order valence-corrected chi connectivity index (χ4v) is 2.22. The summed E-state index contributed by atoms with van der Waals surface area (Å²) in [5, 5.41) is 5.23. The lowest BCUT2D eigenvalue weighted by Gasteiger charge is -2.16. The zero-order valence-corrected chi connectivity index (χ0v) is 14.6. The van der Waals surface area contributed by atoms with Gasteiger partial charge in [0.1, 0.15) is 11.6 Å². The minimum atomic E-state index is -4.79. The molecule has 9 heteroatoms. The van der Waals surface area contributed by atoms with Crippen molar-refractivity contribution in [2.24, 2.45) is 0 Å². The number of hydrogen-bond donors (Lipinski definition) is 2. The molecule has 27 heavy (non-hydrogen) atoms. The molecule has 0 radical (unpaired) electrons. The second-order valence-electron chi connectivity index (χ2n) is 5.65. The molecule has 1 unspecified atom stereocenters. The molecule has 0 bridgehead atoms. The second-order valence-corrected chi connectivity index (χ2v) is 5.65. The Morgan fingerprint density at radius 3 is 2.63 bits per heavy atom. The lowest BCUT2D eigenvalue weighted by molar-refractivity contribution is -0.274. The van der Waals surface area contributed by atoms with E-state index in [-0.39, 0.29) is 29.5 Å². The van der Waals surface area contributed by atoms with Gasteiger partial charge >= 0.3 is 6.36 Å². The molecule has 2 N–H and O–H groups in total. The van der Waals surface area contributed by atoms with Gasteiger partial charge in [-0.2, -0.15) is 0 Å². The first-order valence-corrected chi connectivity index (χ1v) is 8.10. The molecule has 2 amide bonds. The van der Waals surface area contributed by atoms with Gasteiger partial charge in [0.15, 0.2) is 0 Å². The number of pyridine rings is 1. The highest BCUT2D eigenvalue weighted by Crippen LogP contribution is 2.25. The molecule has 0 spiro atoms. The number of benzene rings is 1. The van der Waals surface area contributed by atoms with Gasteiger partial charge in [-0.25, -0.2) is 4.98 Å². The molecular formula is C18H18F3N3O3. The maximum Gasteiger partial charge on any atom is 0.573 e. The van der Waals surface area contributed by atoms with Crippen LogP contribution in [0.3, 0.4) is 0 Å². The van der Waals surface area contributed by atoms with Gasteiger partial charge in [-0.1, -0.05) is 19.1 Å². The Labute approximate surface area is 153 Å². The van der Waals surface area contributed by atoms with E-state index in [1.165, 1.54) is 36.5 Å². The number of anilines is 1. The first-order valence-electron chi connectivity index (χ1n) is 8.10. The van der Waals surface area contributed by atoms with Crippen LogP contribution in [0.1, 0.15) is 42.2 Å². The van der Waals surface area contributed by atoms with E-state index in [9.17, 15) is 22.8 Å². The number of nitrogens with one attached hydrogen (secondary N) is 2. The molecule has 0 aliphatic carbocycles. The van der Waals surface area contributed by atoms with Crippen LogP contribution < -0.4 is 15.4 Å². The Hall–Kier alpha value is -3.10. The summed E-state index contributed by atoms with van der Waals surface area (Å²) in [5.74, 6) is -0.828. The molecule has 0 fully saturated rings. The molecule has 2 rings (SSSR count). The zero-order valence-electron chi connectivity index (χ0n) is 14.6. The summed E-state index contributed by atoms with van der Waals surface area (Å²) in [6, 6.07) is 7.68. The van der Waals surface area contributed by atoms with Crippen LogP contribution in [0.5, 0.6) is 5.75 Å². The third-order valence-corrected chi connectivity index (χ3v) is 3.55. The normalized spacial score (nSPS) is 12.2. The van der Waals surface area contributed by atoms with E-state index in [1.807, 2.05) is 0 Å². The second kappa shape index (κ2) is 8.52. The van der Waals surface area contributed by atoms with Gasteiger partial charge < -0.3 is 15.4 Å². The molecule has 144 valence electrons. The quantitative estimate of drug-likeness (QED) is 0.797. The number of carbonyl (C=O) groups excluding carboxylic acids is 2. The maximum absolute atomic E-state index is 12.4. The summed E-state index contributed by atoms with van der Waals surface area (Å²) in [7, 11) is 0. The summed E-state index contributed by atoms with van der Waals surface area (Å²) in [6.45, 7) is 3.32. The number of rotatable bonds is 6. The average Bonchev–Trinajstić information content (AvgIpc) is 2.60. The molecule has 1 heterocycles. The molecular weight excluding hydrogens is 363 g/mol. The van der Waals surface area contributed by atoms with Crippen molar-refractivity contribution >= 4 is 17.6 Å². The summed E-state index contributed by atoms with van der Waals surface area (Å²) >= 11 is 0. The number of amides is 2. The van der Waals surface area contributed by atoms with Crippen molar-refractivity contribution in [3.05, 3.63) is 53.7 Å². The number of ether oxygens (including phenoxy) is 1. The largest absolute Gasteiger partial charge is 0.573 e. The Bertz CT molecular complexity index is 825. The van der Waals surface area contributed by atoms with E-state index in [1.54, 1.807) is 19.9 Å². The summed E-state index contributed by atoms with van der Waals surface area (Å²) in [6.07, 6.45) is -3.14. The first-order chi connectivity index (χ1) is 12.7. The van der Waals surface area contributed by atoms with Crippen molar-refractivity contribution in [2.45, 2.75) is 32.7 Å². The van der Waals surface area contributed by atoms with Crippen LogP contribution in [0.2, 0.25) is 0 Å². The van der Waals surface area contributed by atoms with Crippen LogP contribution in [-0.4, -0.2) is 23.2 Å².